The zero-order chi connectivity index (χ0) is 33.9. The number of carbonyl (C=O) groups is 1. The van der Waals surface area contributed by atoms with Gasteiger partial charge in [0.05, 0.1) is 13.2 Å². The van der Waals surface area contributed by atoms with Gasteiger partial charge in [-0.15, -0.1) is 0 Å². The predicted molar refractivity (Wildman–Crippen MR) is 187 cm³/mol. The maximum atomic E-state index is 11.8. The summed E-state index contributed by atoms with van der Waals surface area (Å²) in [7, 11) is -4.11. The van der Waals surface area contributed by atoms with Gasteiger partial charge in [0.15, 0.2) is 5.96 Å². The molecule has 0 radical (unpaired) electrons. The average molecular weight is 664 g/mol. The Balaban J connectivity index is 0. The first kappa shape index (κ1) is 45.9. The lowest BCUT2D eigenvalue weighted by Crippen LogP contribution is -2.30. The highest BCUT2D eigenvalue weighted by Gasteiger charge is 2.10. The first-order valence-electron chi connectivity index (χ1n) is 18.3. The van der Waals surface area contributed by atoms with Crippen LogP contribution in [-0.2, 0) is 18.4 Å². The van der Waals surface area contributed by atoms with Gasteiger partial charge in [-0.25, -0.2) is 0 Å². The van der Waals surface area contributed by atoms with Crippen molar-refractivity contribution >= 4 is 19.8 Å². The molecule has 7 N–H and O–H groups in total. The second kappa shape index (κ2) is 35.7. The Labute approximate surface area is 276 Å². The molecule has 0 aromatic rings. The van der Waals surface area contributed by atoms with E-state index in [4.69, 9.17) is 31.4 Å². The van der Waals surface area contributed by atoms with E-state index in [-0.39, 0.29) is 19.2 Å². The number of hydrogen-bond acceptors (Lipinski definition) is 7. The molecule has 0 aliphatic carbocycles. The van der Waals surface area contributed by atoms with E-state index in [1.165, 1.54) is 128 Å². The average Bonchev–Trinajstić information content (AvgIpc) is 3.00. The summed E-state index contributed by atoms with van der Waals surface area (Å²) in [6.07, 6.45) is 31.2. The summed E-state index contributed by atoms with van der Waals surface area (Å²) in [6, 6.07) is -0.820. The second-order valence-corrected chi connectivity index (χ2v) is 13.7. The molecule has 45 heavy (non-hydrogen) atoms. The molecule has 0 aromatic heterocycles. The Kier molecular flexibility index (Phi) is 36.4. The molecule has 1 unspecified atom stereocenters. The van der Waals surface area contributed by atoms with Crippen LogP contribution in [-0.4, -0.2) is 42.8 Å². The number of nitrogens with zero attached hydrogens (tertiary/aromatic N) is 1. The van der Waals surface area contributed by atoms with Gasteiger partial charge in [0, 0.05) is 6.54 Å². The zero-order valence-electron chi connectivity index (χ0n) is 29.2. The number of aliphatic carboxylic acids is 1. The fourth-order valence-electron chi connectivity index (χ4n) is 4.92. The van der Waals surface area contributed by atoms with Gasteiger partial charge in [-0.2, -0.15) is 0 Å². The van der Waals surface area contributed by atoms with E-state index in [9.17, 15) is 14.3 Å². The number of aliphatic imine (C=N–C) groups is 1. The normalized spacial score (nSPS) is 12.0. The number of rotatable bonds is 33. The van der Waals surface area contributed by atoms with E-state index in [0.717, 1.165) is 25.7 Å². The van der Waals surface area contributed by atoms with E-state index in [1.54, 1.807) is 0 Å². The topological polar surface area (TPSA) is 186 Å². The lowest BCUT2D eigenvalue weighted by atomic mass is 10.1. The van der Waals surface area contributed by atoms with Crippen molar-refractivity contribution in [1.82, 2.24) is 0 Å². The Morgan fingerprint density at radius 1 is 0.644 bits per heavy atom. The molecule has 0 amide bonds. The fraction of sp³-hybridized carbons (Fsp3) is 0.941. The number of guanidine groups is 1. The SMILES string of the molecule is CCCCCCCCCCCCCCOP(=O)([O-])OCCCCCCCCCCCCCC.NC(N)=NCCCC(N)C(=O)O. The molecule has 1 atom stereocenters. The summed E-state index contributed by atoms with van der Waals surface area (Å²) < 4.78 is 21.8. The van der Waals surface area contributed by atoms with E-state index in [1.807, 2.05) is 0 Å². The monoisotopic (exact) mass is 664 g/mol. The van der Waals surface area contributed by atoms with Crippen molar-refractivity contribution in [2.24, 2.45) is 22.2 Å². The lowest BCUT2D eigenvalue weighted by molar-refractivity contribution is -0.225. The summed E-state index contributed by atoms with van der Waals surface area (Å²) in [4.78, 5) is 25.7. The molecule has 0 saturated heterocycles. The molecule has 0 aliphatic heterocycles. The van der Waals surface area contributed by atoms with Crippen molar-refractivity contribution in [1.29, 1.82) is 0 Å². The molecular weight excluding hydrogens is 591 g/mol. The quantitative estimate of drug-likeness (QED) is 0.0232. The maximum absolute atomic E-state index is 11.8. The molecule has 10 nitrogen and oxygen atoms in total. The van der Waals surface area contributed by atoms with Gasteiger partial charge in [0.2, 0.25) is 0 Å². The van der Waals surface area contributed by atoms with Gasteiger partial charge in [0.25, 0.3) is 7.82 Å². The van der Waals surface area contributed by atoms with Crippen LogP contribution >= 0.6 is 7.82 Å². The van der Waals surface area contributed by atoms with Crippen LogP contribution in [0.1, 0.15) is 181 Å². The van der Waals surface area contributed by atoms with Crippen molar-refractivity contribution in [3.63, 3.8) is 0 Å². The third-order valence-corrected chi connectivity index (χ3v) is 8.78. The largest absolute Gasteiger partial charge is 0.756 e. The van der Waals surface area contributed by atoms with Gasteiger partial charge in [-0.05, 0) is 25.7 Å². The summed E-state index contributed by atoms with van der Waals surface area (Å²) in [5, 5.41) is 8.38. The minimum atomic E-state index is -4.11. The molecule has 0 aromatic carbocycles. The van der Waals surface area contributed by atoms with Crippen molar-refractivity contribution in [3.05, 3.63) is 0 Å². The smallest absolute Gasteiger partial charge is 0.320 e. The van der Waals surface area contributed by atoms with Gasteiger partial charge in [-0.3, -0.25) is 14.4 Å². The number of carboxylic acid groups (broad SMARTS) is 1. The van der Waals surface area contributed by atoms with Gasteiger partial charge in [-0.1, -0.05) is 155 Å². The minimum Gasteiger partial charge on any atom is -0.756 e. The highest BCUT2D eigenvalue weighted by atomic mass is 31.2. The molecular formula is C34H72N4O6P-. The first-order valence-corrected chi connectivity index (χ1v) is 19.8. The molecule has 0 fully saturated rings. The van der Waals surface area contributed by atoms with Crippen LogP contribution in [0.5, 0.6) is 0 Å². The number of unbranched alkanes of at least 4 members (excludes halogenated alkanes) is 22. The van der Waals surface area contributed by atoms with Crippen molar-refractivity contribution in [3.8, 4) is 0 Å². The van der Waals surface area contributed by atoms with Gasteiger partial charge < -0.3 is 36.2 Å². The van der Waals surface area contributed by atoms with Crippen LogP contribution in [0.3, 0.4) is 0 Å². The van der Waals surface area contributed by atoms with Crippen LogP contribution in [0, 0.1) is 0 Å². The Morgan fingerprint density at radius 3 is 1.24 bits per heavy atom. The van der Waals surface area contributed by atoms with Crippen LogP contribution in [0.2, 0.25) is 0 Å². The molecule has 0 heterocycles. The molecule has 270 valence electrons. The summed E-state index contributed by atoms with van der Waals surface area (Å²) in [6.45, 7) is 5.46. The molecule has 0 saturated carbocycles. The van der Waals surface area contributed by atoms with Crippen LogP contribution in [0.25, 0.3) is 0 Å². The zero-order valence-corrected chi connectivity index (χ0v) is 30.1. The van der Waals surface area contributed by atoms with E-state index in [0.29, 0.717) is 19.4 Å². The number of hydrogen-bond donors (Lipinski definition) is 4. The van der Waals surface area contributed by atoms with E-state index in [2.05, 4.69) is 18.8 Å². The predicted octanol–water partition coefficient (Wildman–Crippen LogP) is 8.34. The lowest BCUT2D eigenvalue weighted by Gasteiger charge is -2.22. The minimum absolute atomic E-state index is 0.0129. The number of phosphoric acid groups is 1. The van der Waals surface area contributed by atoms with E-state index < -0.39 is 19.8 Å². The molecule has 0 rings (SSSR count). The Morgan fingerprint density at radius 2 is 0.956 bits per heavy atom. The second-order valence-electron chi connectivity index (χ2n) is 12.3. The number of nitrogens with two attached hydrogens (primary N) is 3. The van der Waals surface area contributed by atoms with Crippen LogP contribution in [0.4, 0.5) is 0 Å². The van der Waals surface area contributed by atoms with Crippen molar-refractivity contribution < 1.29 is 28.4 Å². The Hall–Kier alpha value is -1.19. The fourth-order valence-corrected chi connectivity index (χ4v) is 5.70. The highest BCUT2D eigenvalue weighted by molar-refractivity contribution is 7.45. The van der Waals surface area contributed by atoms with Crippen LogP contribution in [0.15, 0.2) is 4.99 Å². The van der Waals surface area contributed by atoms with E-state index >= 15 is 0 Å². The molecule has 11 heteroatoms. The summed E-state index contributed by atoms with van der Waals surface area (Å²) >= 11 is 0. The summed E-state index contributed by atoms with van der Waals surface area (Å²) in [5.74, 6) is -0.987. The molecule has 0 bridgehead atoms. The third-order valence-electron chi connectivity index (χ3n) is 7.78. The van der Waals surface area contributed by atoms with Gasteiger partial charge >= 0.3 is 5.97 Å². The number of phosphoric ester groups is 1. The third kappa shape index (κ3) is 40.8. The Bertz CT molecular complexity index is 676. The molecule has 0 spiro atoms. The number of carboxylic acids is 1. The van der Waals surface area contributed by atoms with Crippen LogP contribution < -0.4 is 22.1 Å². The highest BCUT2D eigenvalue weighted by Crippen LogP contribution is 2.38. The standard InChI is InChI=1S/C28H59O4P.C6H14N4O2/c1-3-5-7-9-11-13-15-17-19-21-23-25-27-31-33(29,30)32-28-26-24-22-20-18-16-14-12-10-8-6-4-2;7-4(5(11)12)2-1-3-10-6(8)9/h3-28H2,1-2H3,(H,29,30);4H,1-3,7H2,(H,11,12)(H4,8,9,10)/p-1. The molecule has 0 aliphatic rings. The van der Waals surface area contributed by atoms with Gasteiger partial charge in [0.1, 0.15) is 6.04 Å². The van der Waals surface area contributed by atoms with Crippen molar-refractivity contribution in [2.75, 3.05) is 19.8 Å². The first-order chi connectivity index (χ1) is 21.7. The summed E-state index contributed by atoms with van der Waals surface area (Å²) in [5.41, 5.74) is 15.3. The van der Waals surface area contributed by atoms with Crippen molar-refractivity contribution in [2.45, 2.75) is 187 Å². The maximum Gasteiger partial charge on any atom is 0.320 e.